The number of ether oxygens (including phenoxy) is 1. The van der Waals surface area contributed by atoms with Gasteiger partial charge in [0.15, 0.2) is 0 Å². The highest BCUT2D eigenvalue weighted by Crippen LogP contribution is 2.24. The highest BCUT2D eigenvalue weighted by molar-refractivity contribution is 7.89. The Morgan fingerprint density at radius 3 is 2.52 bits per heavy atom. The van der Waals surface area contributed by atoms with Gasteiger partial charge in [0.25, 0.3) is 0 Å². The van der Waals surface area contributed by atoms with Crippen LogP contribution < -0.4 is 5.32 Å². The molecule has 1 aromatic carbocycles. The molecule has 0 aliphatic heterocycles. The second kappa shape index (κ2) is 9.02. The van der Waals surface area contributed by atoms with E-state index in [9.17, 15) is 8.42 Å². The maximum atomic E-state index is 12.8. The number of likely N-dealkylation sites (N-methyl/N-ethyl adjacent to an activating group) is 1. The first kappa shape index (κ1) is 17.9. The van der Waals surface area contributed by atoms with Crippen LogP contribution in [0.1, 0.15) is 27.2 Å². The van der Waals surface area contributed by atoms with Crippen molar-refractivity contribution in [3.05, 3.63) is 24.3 Å². The third-order valence-electron chi connectivity index (χ3n) is 3.11. The number of hydrogen-bond donors (Lipinski definition) is 1. The molecule has 0 aromatic heterocycles. The molecule has 0 fully saturated rings. The largest absolute Gasteiger partial charge is 0.384 e. The van der Waals surface area contributed by atoms with E-state index in [-0.39, 0.29) is 0 Å². The molecule has 0 radical (unpaired) electrons. The first-order valence-corrected chi connectivity index (χ1v) is 8.92. The Labute approximate surface area is 128 Å². The minimum atomic E-state index is -3.50. The number of anilines is 1. The summed E-state index contributed by atoms with van der Waals surface area (Å²) < 4.78 is 32.3. The Bertz CT molecular complexity index is 517. The predicted octanol–water partition coefficient (Wildman–Crippen LogP) is 2.56. The van der Waals surface area contributed by atoms with E-state index in [0.29, 0.717) is 36.9 Å². The second-order valence-corrected chi connectivity index (χ2v) is 6.52. The molecule has 1 N–H and O–H groups in total. The molecule has 6 heteroatoms. The van der Waals surface area contributed by atoms with Crippen molar-refractivity contribution in [2.24, 2.45) is 0 Å². The summed E-state index contributed by atoms with van der Waals surface area (Å²) in [4.78, 5) is 0.330. The summed E-state index contributed by atoms with van der Waals surface area (Å²) in [6.45, 7) is 8.33. The molecule has 0 heterocycles. The van der Waals surface area contributed by atoms with Crippen molar-refractivity contribution >= 4 is 15.7 Å². The van der Waals surface area contributed by atoms with Gasteiger partial charge in [-0.3, -0.25) is 0 Å². The van der Waals surface area contributed by atoms with Crippen LogP contribution in [0.15, 0.2) is 29.2 Å². The van der Waals surface area contributed by atoms with E-state index in [1.807, 2.05) is 26.8 Å². The molecular formula is C15H26N2O3S. The molecule has 1 rings (SSSR count). The number of hydrogen-bond acceptors (Lipinski definition) is 4. The van der Waals surface area contributed by atoms with Gasteiger partial charge in [0.1, 0.15) is 4.90 Å². The van der Waals surface area contributed by atoms with Crippen molar-refractivity contribution in [1.82, 2.24) is 4.31 Å². The van der Waals surface area contributed by atoms with Crippen LogP contribution in [0.3, 0.4) is 0 Å². The van der Waals surface area contributed by atoms with Crippen LogP contribution in [0.4, 0.5) is 5.69 Å². The van der Waals surface area contributed by atoms with Crippen molar-refractivity contribution in [2.75, 3.05) is 38.2 Å². The normalized spacial score (nSPS) is 11.8. The van der Waals surface area contributed by atoms with Crippen LogP contribution >= 0.6 is 0 Å². The van der Waals surface area contributed by atoms with Gasteiger partial charge in [0, 0.05) is 26.2 Å². The average molecular weight is 314 g/mol. The Hall–Kier alpha value is -1.11. The summed E-state index contributed by atoms with van der Waals surface area (Å²) in [5.74, 6) is 0. The van der Waals surface area contributed by atoms with Crippen LogP contribution in [0.5, 0.6) is 0 Å². The Morgan fingerprint density at radius 1 is 1.19 bits per heavy atom. The van der Waals surface area contributed by atoms with Crippen molar-refractivity contribution in [3.63, 3.8) is 0 Å². The smallest absolute Gasteiger partial charge is 0.245 e. The Balaban J connectivity index is 2.99. The van der Waals surface area contributed by atoms with Gasteiger partial charge < -0.3 is 10.1 Å². The molecule has 5 nitrogen and oxygen atoms in total. The van der Waals surface area contributed by atoms with Crippen molar-refractivity contribution in [3.8, 4) is 0 Å². The van der Waals surface area contributed by atoms with Gasteiger partial charge in [-0.15, -0.1) is 0 Å². The van der Waals surface area contributed by atoms with Crippen LogP contribution in [0.2, 0.25) is 0 Å². The van der Waals surface area contributed by atoms with Gasteiger partial charge >= 0.3 is 0 Å². The van der Waals surface area contributed by atoms with E-state index >= 15 is 0 Å². The van der Waals surface area contributed by atoms with Gasteiger partial charge in [-0.2, -0.15) is 4.31 Å². The standard InChI is InChI=1S/C15H26N2O3S/c1-4-11-16-14-9-7-8-10-15(14)21(18,19)17(5-2)12-13-20-6-3/h7-10,16H,4-6,11-13H2,1-3H3. The van der Waals surface area contributed by atoms with Crippen LogP contribution in [0, 0.1) is 0 Å². The average Bonchev–Trinajstić information content (AvgIpc) is 2.49. The predicted molar refractivity (Wildman–Crippen MR) is 86.1 cm³/mol. The van der Waals surface area contributed by atoms with Crippen molar-refractivity contribution in [1.29, 1.82) is 0 Å². The minimum Gasteiger partial charge on any atom is -0.384 e. The summed E-state index contributed by atoms with van der Waals surface area (Å²) in [7, 11) is -3.50. The monoisotopic (exact) mass is 314 g/mol. The fourth-order valence-electron chi connectivity index (χ4n) is 2.00. The van der Waals surface area contributed by atoms with E-state index in [0.717, 1.165) is 13.0 Å². The molecule has 0 bridgehead atoms. The fourth-order valence-corrected chi connectivity index (χ4v) is 3.60. The lowest BCUT2D eigenvalue weighted by Crippen LogP contribution is -2.34. The Kier molecular flexibility index (Phi) is 7.71. The molecule has 21 heavy (non-hydrogen) atoms. The minimum absolute atomic E-state index is 0.330. The molecule has 0 atom stereocenters. The molecule has 0 aliphatic carbocycles. The van der Waals surface area contributed by atoms with E-state index in [2.05, 4.69) is 5.32 Å². The lowest BCUT2D eigenvalue weighted by atomic mass is 10.3. The summed E-state index contributed by atoms with van der Waals surface area (Å²) in [5, 5.41) is 3.18. The summed E-state index contributed by atoms with van der Waals surface area (Å²) in [6.07, 6.45) is 0.941. The number of sulfonamides is 1. The Morgan fingerprint density at radius 2 is 1.90 bits per heavy atom. The maximum absolute atomic E-state index is 12.8. The zero-order valence-corrected chi connectivity index (χ0v) is 13.9. The summed E-state index contributed by atoms with van der Waals surface area (Å²) in [5.41, 5.74) is 0.661. The third-order valence-corrected chi connectivity index (χ3v) is 5.14. The number of nitrogens with zero attached hydrogens (tertiary/aromatic N) is 1. The molecule has 1 aromatic rings. The number of rotatable bonds is 10. The molecule has 0 saturated heterocycles. The number of para-hydroxylation sites is 1. The van der Waals surface area contributed by atoms with Gasteiger partial charge in [0.2, 0.25) is 10.0 Å². The lowest BCUT2D eigenvalue weighted by Gasteiger charge is -2.22. The van der Waals surface area contributed by atoms with E-state index in [1.54, 1.807) is 18.2 Å². The van der Waals surface area contributed by atoms with Gasteiger partial charge in [-0.05, 0) is 25.5 Å². The van der Waals surface area contributed by atoms with Crippen LogP contribution in [0.25, 0.3) is 0 Å². The van der Waals surface area contributed by atoms with Crippen LogP contribution in [-0.2, 0) is 14.8 Å². The molecule has 0 spiro atoms. The number of benzene rings is 1. The highest BCUT2D eigenvalue weighted by atomic mass is 32.2. The molecule has 0 amide bonds. The summed E-state index contributed by atoms with van der Waals surface area (Å²) in [6, 6.07) is 7.05. The third kappa shape index (κ3) is 4.98. The molecule has 0 unspecified atom stereocenters. The van der Waals surface area contributed by atoms with E-state index < -0.39 is 10.0 Å². The first-order valence-electron chi connectivity index (χ1n) is 7.48. The molecule has 120 valence electrons. The molecular weight excluding hydrogens is 288 g/mol. The number of nitrogens with one attached hydrogen (secondary N) is 1. The van der Waals surface area contributed by atoms with Crippen molar-refractivity contribution in [2.45, 2.75) is 32.1 Å². The lowest BCUT2D eigenvalue weighted by molar-refractivity contribution is 0.135. The topological polar surface area (TPSA) is 58.6 Å². The second-order valence-electron chi connectivity index (χ2n) is 4.62. The first-order chi connectivity index (χ1) is 10.1. The summed E-state index contributed by atoms with van der Waals surface area (Å²) >= 11 is 0. The maximum Gasteiger partial charge on any atom is 0.245 e. The van der Waals surface area contributed by atoms with Gasteiger partial charge in [-0.25, -0.2) is 8.42 Å². The van der Waals surface area contributed by atoms with Gasteiger partial charge in [0.05, 0.1) is 12.3 Å². The fraction of sp³-hybridized carbons (Fsp3) is 0.600. The van der Waals surface area contributed by atoms with Crippen LogP contribution in [-0.4, -0.2) is 45.6 Å². The highest BCUT2D eigenvalue weighted by Gasteiger charge is 2.25. The van der Waals surface area contributed by atoms with E-state index in [4.69, 9.17) is 4.74 Å². The van der Waals surface area contributed by atoms with Gasteiger partial charge in [-0.1, -0.05) is 26.0 Å². The SMILES string of the molecule is CCCNc1ccccc1S(=O)(=O)N(CC)CCOCC. The molecule has 0 aliphatic rings. The van der Waals surface area contributed by atoms with Crippen molar-refractivity contribution < 1.29 is 13.2 Å². The zero-order chi connectivity index (χ0) is 15.7. The van der Waals surface area contributed by atoms with E-state index in [1.165, 1.54) is 4.31 Å². The molecule has 0 saturated carbocycles. The zero-order valence-electron chi connectivity index (χ0n) is 13.1. The quantitative estimate of drug-likeness (QED) is 0.674.